The molecule has 2 N–H and O–H groups in total. The molecule has 1 atom stereocenters. The second-order valence-corrected chi connectivity index (χ2v) is 6.96. The molecule has 0 aromatic heterocycles. The molecule has 1 unspecified atom stereocenters. The van der Waals surface area contributed by atoms with E-state index in [-0.39, 0.29) is 0 Å². The van der Waals surface area contributed by atoms with Crippen LogP contribution >= 0.6 is 11.8 Å². The van der Waals surface area contributed by atoms with Crippen LogP contribution in [0.5, 0.6) is 0 Å². The van der Waals surface area contributed by atoms with Gasteiger partial charge in [0.1, 0.15) is 0 Å². The maximum absolute atomic E-state index is 4.32. The lowest BCUT2D eigenvalue weighted by Crippen LogP contribution is -2.49. The molecule has 0 spiro atoms. The van der Waals surface area contributed by atoms with Gasteiger partial charge in [0.15, 0.2) is 5.96 Å². The smallest absolute Gasteiger partial charge is 0.191 e. The molecular weight excluding hydrogens is 304 g/mol. The Kier molecular flexibility index (Phi) is 8.32. The highest BCUT2D eigenvalue weighted by atomic mass is 32.2. The van der Waals surface area contributed by atoms with Gasteiger partial charge in [-0.1, -0.05) is 36.8 Å². The van der Waals surface area contributed by atoms with E-state index < -0.39 is 0 Å². The van der Waals surface area contributed by atoms with Gasteiger partial charge in [-0.2, -0.15) is 11.8 Å². The van der Waals surface area contributed by atoms with Crippen LogP contribution in [-0.4, -0.2) is 55.6 Å². The third-order valence-electron chi connectivity index (χ3n) is 4.30. The van der Waals surface area contributed by atoms with Gasteiger partial charge in [0.05, 0.1) is 0 Å². The Morgan fingerprint density at radius 1 is 1.26 bits per heavy atom. The van der Waals surface area contributed by atoms with E-state index in [0.717, 1.165) is 31.3 Å². The molecule has 0 amide bonds. The molecule has 1 fully saturated rings. The Labute approximate surface area is 145 Å². The molecule has 0 radical (unpaired) electrons. The van der Waals surface area contributed by atoms with Crippen molar-refractivity contribution < 1.29 is 0 Å². The maximum Gasteiger partial charge on any atom is 0.191 e. The van der Waals surface area contributed by atoms with Crippen molar-refractivity contribution in [3.8, 4) is 0 Å². The van der Waals surface area contributed by atoms with Crippen molar-refractivity contribution in [2.24, 2.45) is 4.99 Å². The number of aliphatic imine (C=N–C) groups is 1. The van der Waals surface area contributed by atoms with Crippen molar-refractivity contribution in [3.05, 3.63) is 35.9 Å². The van der Waals surface area contributed by atoms with Gasteiger partial charge in [0.25, 0.3) is 0 Å². The summed E-state index contributed by atoms with van der Waals surface area (Å²) in [4.78, 5) is 6.93. The van der Waals surface area contributed by atoms with Crippen LogP contribution in [0.25, 0.3) is 0 Å². The third kappa shape index (κ3) is 6.43. The summed E-state index contributed by atoms with van der Waals surface area (Å²) in [6, 6.07) is 11.4. The third-order valence-corrected chi connectivity index (χ3v) is 4.92. The average molecular weight is 335 g/mol. The zero-order chi connectivity index (χ0) is 16.3. The average Bonchev–Trinajstić information content (AvgIpc) is 2.60. The van der Waals surface area contributed by atoms with E-state index >= 15 is 0 Å². The maximum atomic E-state index is 4.32. The predicted molar refractivity (Wildman–Crippen MR) is 102 cm³/mol. The van der Waals surface area contributed by atoms with Crippen molar-refractivity contribution in [2.45, 2.75) is 31.8 Å². The lowest BCUT2D eigenvalue weighted by atomic mass is 10.0. The van der Waals surface area contributed by atoms with Crippen LogP contribution in [0.2, 0.25) is 0 Å². The Morgan fingerprint density at radius 2 is 2.09 bits per heavy atom. The van der Waals surface area contributed by atoms with Gasteiger partial charge >= 0.3 is 0 Å². The van der Waals surface area contributed by atoms with Gasteiger partial charge in [-0.25, -0.2) is 0 Å². The van der Waals surface area contributed by atoms with Crippen LogP contribution in [0.1, 0.15) is 24.8 Å². The van der Waals surface area contributed by atoms with Crippen molar-refractivity contribution >= 4 is 17.7 Å². The van der Waals surface area contributed by atoms with Crippen LogP contribution < -0.4 is 10.6 Å². The minimum absolute atomic E-state index is 0.586. The highest BCUT2D eigenvalue weighted by molar-refractivity contribution is 7.98. The van der Waals surface area contributed by atoms with Crippen molar-refractivity contribution in [1.82, 2.24) is 15.5 Å². The summed E-state index contributed by atoms with van der Waals surface area (Å²) in [6.07, 6.45) is 6.03. The van der Waals surface area contributed by atoms with E-state index in [9.17, 15) is 0 Å². The molecule has 2 rings (SSSR count). The fourth-order valence-corrected chi connectivity index (χ4v) is 3.33. The van der Waals surface area contributed by atoms with Crippen LogP contribution in [0.4, 0.5) is 0 Å². The van der Waals surface area contributed by atoms with Crippen LogP contribution in [-0.2, 0) is 6.54 Å². The molecule has 5 heteroatoms. The Morgan fingerprint density at radius 3 is 2.83 bits per heavy atom. The van der Waals surface area contributed by atoms with Gasteiger partial charge in [-0.05, 0) is 31.2 Å². The Balaban J connectivity index is 1.83. The van der Waals surface area contributed by atoms with Crippen molar-refractivity contribution in [1.29, 1.82) is 0 Å². The fourth-order valence-electron chi connectivity index (χ4n) is 3.02. The van der Waals surface area contributed by atoms with E-state index in [2.05, 4.69) is 57.1 Å². The molecular formula is C18H30N4S. The first-order valence-corrected chi connectivity index (χ1v) is 9.94. The number of nitrogens with one attached hydrogen (secondary N) is 2. The van der Waals surface area contributed by atoms with Gasteiger partial charge in [-0.3, -0.25) is 9.89 Å². The number of thioether (sulfide) groups is 1. The van der Waals surface area contributed by atoms with Gasteiger partial charge in [0, 0.05) is 38.5 Å². The molecule has 128 valence electrons. The first kappa shape index (κ1) is 18.1. The molecule has 0 aliphatic carbocycles. The molecule has 1 aromatic rings. The number of likely N-dealkylation sites (tertiary alicyclic amines) is 1. The highest BCUT2D eigenvalue weighted by Gasteiger charge is 2.22. The standard InChI is InChI=1S/C18H30N4S/c1-19-18(20-11-13-23-2)21-14-17-10-6-7-12-22(17)15-16-8-4-3-5-9-16/h3-5,8-9,17H,6-7,10-15H2,1-2H3,(H2,19,20,21). The molecule has 1 saturated heterocycles. The van der Waals surface area contributed by atoms with E-state index in [1.54, 1.807) is 0 Å². The first-order valence-electron chi connectivity index (χ1n) is 8.55. The molecule has 0 saturated carbocycles. The highest BCUT2D eigenvalue weighted by Crippen LogP contribution is 2.19. The zero-order valence-electron chi connectivity index (χ0n) is 14.4. The monoisotopic (exact) mass is 334 g/mol. The predicted octanol–water partition coefficient (Wildman–Crippen LogP) is 2.57. The lowest BCUT2D eigenvalue weighted by Gasteiger charge is -2.36. The summed E-state index contributed by atoms with van der Waals surface area (Å²) in [6.45, 7) is 4.16. The quantitative estimate of drug-likeness (QED) is 0.457. The SMILES string of the molecule is CN=C(NCCSC)NCC1CCCCN1Cc1ccccc1. The molecule has 1 aliphatic heterocycles. The van der Waals surface area contributed by atoms with Crippen LogP contribution in [0.3, 0.4) is 0 Å². The van der Waals surface area contributed by atoms with E-state index in [0.29, 0.717) is 6.04 Å². The topological polar surface area (TPSA) is 39.7 Å². The minimum Gasteiger partial charge on any atom is -0.356 e. The molecule has 1 heterocycles. The summed E-state index contributed by atoms with van der Waals surface area (Å²) in [5.41, 5.74) is 1.40. The van der Waals surface area contributed by atoms with E-state index in [1.807, 2.05) is 18.8 Å². The molecule has 1 aromatic carbocycles. The first-order chi connectivity index (χ1) is 11.3. The summed E-state index contributed by atoms with van der Waals surface area (Å²) in [7, 11) is 1.84. The second kappa shape index (κ2) is 10.6. The number of hydrogen-bond acceptors (Lipinski definition) is 3. The fraction of sp³-hybridized carbons (Fsp3) is 0.611. The molecule has 0 bridgehead atoms. The normalized spacial score (nSPS) is 19.6. The number of nitrogens with zero attached hydrogens (tertiary/aromatic N) is 2. The van der Waals surface area contributed by atoms with Gasteiger partial charge < -0.3 is 10.6 Å². The number of hydrogen-bond donors (Lipinski definition) is 2. The van der Waals surface area contributed by atoms with Crippen LogP contribution in [0.15, 0.2) is 35.3 Å². The molecule has 1 aliphatic rings. The molecule has 4 nitrogen and oxygen atoms in total. The minimum atomic E-state index is 0.586. The largest absolute Gasteiger partial charge is 0.356 e. The summed E-state index contributed by atoms with van der Waals surface area (Å²) >= 11 is 1.85. The van der Waals surface area contributed by atoms with Gasteiger partial charge in [-0.15, -0.1) is 0 Å². The Bertz CT molecular complexity index is 463. The van der Waals surface area contributed by atoms with Crippen molar-refractivity contribution in [2.75, 3.05) is 38.7 Å². The summed E-state index contributed by atoms with van der Waals surface area (Å²) < 4.78 is 0. The second-order valence-electron chi connectivity index (χ2n) is 5.98. The molecule has 23 heavy (non-hydrogen) atoms. The van der Waals surface area contributed by atoms with Crippen LogP contribution in [0, 0.1) is 0 Å². The van der Waals surface area contributed by atoms with E-state index in [1.165, 1.54) is 31.4 Å². The lowest BCUT2D eigenvalue weighted by molar-refractivity contribution is 0.141. The Hall–Kier alpha value is -1.20. The number of piperidine rings is 1. The van der Waals surface area contributed by atoms with Crippen molar-refractivity contribution in [3.63, 3.8) is 0 Å². The summed E-state index contributed by atoms with van der Waals surface area (Å²) in [5.74, 6) is 2.02. The van der Waals surface area contributed by atoms with E-state index in [4.69, 9.17) is 0 Å². The number of rotatable bonds is 7. The van der Waals surface area contributed by atoms with Gasteiger partial charge in [0.2, 0.25) is 0 Å². The number of benzene rings is 1. The zero-order valence-corrected chi connectivity index (χ0v) is 15.2. The number of guanidine groups is 1. The summed E-state index contributed by atoms with van der Waals surface area (Å²) in [5, 5.41) is 6.88.